The van der Waals surface area contributed by atoms with Gasteiger partial charge in [0, 0.05) is 12.8 Å². The number of ether oxygens (including phenoxy) is 2. The molecule has 0 fully saturated rings. The summed E-state index contributed by atoms with van der Waals surface area (Å²) < 4.78 is 9.06. The standard InChI is InChI=1S/C12H21NO5/c1-8(2)7-10(14)13-9(12(16)18-4)5-6-11(15)17-3/h8-9H,5-7H2,1-4H3,(H,13,14)/t9-/m0/s1. The van der Waals surface area contributed by atoms with Crippen molar-refractivity contribution in [3.05, 3.63) is 0 Å². The molecule has 0 radical (unpaired) electrons. The van der Waals surface area contributed by atoms with E-state index in [9.17, 15) is 14.4 Å². The third-order valence-electron chi connectivity index (χ3n) is 2.28. The number of methoxy groups -OCH3 is 2. The van der Waals surface area contributed by atoms with E-state index >= 15 is 0 Å². The highest BCUT2D eigenvalue weighted by atomic mass is 16.5. The molecule has 1 atom stereocenters. The van der Waals surface area contributed by atoms with E-state index < -0.39 is 18.0 Å². The molecule has 0 unspecified atom stereocenters. The molecule has 0 heterocycles. The lowest BCUT2D eigenvalue weighted by Gasteiger charge is -2.16. The van der Waals surface area contributed by atoms with Crippen molar-refractivity contribution >= 4 is 17.8 Å². The lowest BCUT2D eigenvalue weighted by molar-refractivity contribution is -0.146. The maximum atomic E-state index is 11.6. The molecule has 0 aromatic carbocycles. The third-order valence-corrected chi connectivity index (χ3v) is 2.28. The van der Waals surface area contributed by atoms with Crippen molar-refractivity contribution in [3.63, 3.8) is 0 Å². The van der Waals surface area contributed by atoms with E-state index in [0.29, 0.717) is 6.42 Å². The van der Waals surface area contributed by atoms with E-state index in [0.717, 1.165) is 0 Å². The van der Waals surface area contributed by atoms with Gasteiger partial charge in [-0.15, -0.1) is 0 Å². The van der Waals surface area contributed by atoms with Crippen LogP contribution < -0.4 is 5.32 Å². The zero-order valence-electron chi connectivity index (χ0n) is 11.3. The molecule has 0 rings (SSSR count). The van der Waals surface area contributed by atoms with Crippen molar-refractivity contribution in [1.29, 1.82) is 0 Å². The van der Waals surface area contributed by atoms with E-state index in [2.05, 4.69) is 14.8 Å². The molecule has 0 aliphatic heterocycles. The average Bonchev–Trinajstić information content (AvgIpc) is 2.31. The first-order valence-corrected chi connectivity index (χ1v) is 5.84. The fourth-order valence-corrected chi connectivity index (χ4v) is 1.38. The van der Waals surface area contributed by atoms with Gasteiger partial charge >= 0.3 is 11.9 Å². The second-order valence-electron chi connectivity index (χ2n) is 4.36. The van der Waals surface area contributed by atoms with E-state index in [1.54, 1.807) is 0 Å². The van der Waals surface area contributed by atoms with Crippen LogP contribution in [-0.4, -0.2) is 38.1 Å². The number of carbonyl (C=O) groups is 3. The molecule has 1 N–H and O–H groups in total. The molecule has 6 nitrogen and oxygen atoms in total. The van der Waals surface area contributed by atoms with Crippen molar-refractivity contribution in [2.24, 2.45) is 5.92 Å². The number of nitrogens with one attached hydrogen (secondary N) is 1. The van der Waals surface area contributed by atoms with Crippen molar-refractivity contribution in [3.8, 4) is 0 Å². The molecular weight excluding hydrogens is 238 g/mol. The molecule has 0 spiro atoms. The van der Waals surface area contributed by atoms with Crippen LogP contribution in [0.3, 0.4) is 0 Å². The van der Waals surface area contributed by atoms with Crippen molar-refractivity contribution in [2.45, 2.75) is 39.2 Å². The highest BCUT2D eigenvalue weighted by Gasteiger charge is 2.22. The van der Waals surface area contributed by atoms with E-state index in [-0.39, 0.29) is 24.7 Å². The molecule has 6 heteroatoms. The first-order chi connectivity index (χ1) is 8.40. The Labute approximate surface area is 107 Å². The Morgan fingerprint density at radius 1 is 1.11 bits per heavy atom. The maximum Gasteiger partial charge on any atom is 0.328 e. The topological polar surface area (TPSA) is 81.7 Å². The fraction of sp³-hybridized carbons (Fsp3) is 0.750. The number of carbonyl (C=O) groups excluding carboxylic acids is 3. The molecular formula is C12H21NO5. The molecule has 18 heavy (non-hydrogen) atoms. The van der Waals surface area contributed by atoms with Gasteiger partial charge in [-0.3, -0.25) is 9.59 Å². The Morgan fingerprint density at radius 3 is 2.17 bits per heavy atom. The minimum absolute atomic E-state index is 0.0538. The van der Waals surface area contributed by atoms with Gasteiger partial charge in [0.05, 0.1) is 14.2 Å². The summed E-state index contributed by atoms with van der Waals surface area (Å²) in [5.41, 5.74) is 0. The fourth-order valence-electron chi connectivity index (χ4n) is 1.38. The largest absolute Gasteiger partial charge is 0.469 e. The second-order valence-corrected chi connectivity index (χ2v) is 4.36. The van der Waals surface area contributed by atoms with Crippen LogP contribution in [0.25, 0.3) is 0 Å². The maximum absolute atomic E-state index is 11.6. The van der Waals surface area contributed by atoms with Crippen LogP contribution >= 0.6 is 0 Å². The minimum Gasteiger partial charge on any atom is -0.469 e. The SMILES string of the molecule is COC(=O)CC[C@H](NC(=O)CC(C)C)C(=O)OC. The summed E-state index contributed by atoms with van der Waals surface area (Å²) in [5.74, 6) is -1.02. The molecule has 0 aromatic rings. The number of amides is 1. The van der Waals surface area contributed by atoms with Gasteiger partial charge in [0.15, 0.2) is 0 Å². The number of hydrogen-bond acceptors (Lipinski definition) is 5. The van der Waals surface area contributed by atoms with Crippen molar-refractivity contribution < 1.29 is 23.9 Å². The summed E-state index contributed by atoms with van der Waals surface area (Å²) in [4.78, 5) is 34.0. The highest BCUT2D eigenvalue weighted by molar-refractivity contribution is 5.84. The number of rotatable bonds is 7. The Morgan fingerprint density at radius 2 is 1.72 bits per heavy atom. The van der Waals surface area contributed by atoms with Gasteiger partial charge in [0.25, 0.3) is 0 Å². The quantitative estimate of drug-likeness (QED) is 0.679. The minimum atomic E-state index is -0.805. The molecule has 0 saturated carbocycles. The van der Waals surface area contributed by atoms with Gasteiger partial charge < -0.3 is 14.8 Å². The van der Waals surface area contributed by atoms with Gasteiger partial charge in [0.1, 0.15) is 6.04 Å². The van der Waals surface area contributed by atoms with Crippen LogP contribution in [0.1, 0.15) is 33.1 Å². The third kappa shape index (κ3) is 6.88. The van der Waals surface area contributed by atoms with Crippen LogP contribution in [0, 0.1) is 5.92 Å². The van der Waals surface area contributed by atoms with Gasteiger partial charge in [-0.2, -0.15) is 0 Å². The zero-order chi connectivity index (χ0) is 14.1. The van der Waals surface area contributed by atoms with Crippen molar-refractivity contribution in [1.82, 2.24) is 5.32 Å². The van der Waals surface area contributed by atoms with Gasteiger partial charge in [-0.25, -0.2) is 4.79 Å². The van der Waals surface area contributed by atoms with E-state index in [1.165, 1.54) is 14.2 Å². The first kappa shape index (κ1) is 16.4. The molecule has 0 saturated heterocycles. The summed E-state index contributed by atoms with van der Waals surface area (Å²) in [6.45, 7) is 3.81. The smallest absolute Gasteiger partial charge is 0.328 e. The summed E-state index contributed by atoms with van der Waals surface area (Å²) >= 11 is 0. The van der Waals surface area contributed by atoms with E-state index in [4.69, 9.17) is 0 Å². The highest BCUT2D eigenvalue weighted by Crippen LogP contribution is 2.04. The van der Waals surface area contributed by atoms with Crippen LogP contribution in [-0.2, 0) is 23.9 Å². The Kier molecular flexibility index (Phi) is 7.74. The molecule has 104 valence electrons. The monoisotopic (exact) mass is 259 g/mol. The van der Waals surface area contributed by atoms with Gasteiger partial charge in [-0.05, 0) is 12.3 Å². The van der Waals surface area contributed by atoms with E-state index in [1.807, 2.05) is 13.8 Å². The molecule has 0 aliphatic carbocycles. The lowest BCUT2D eigenvalue weighted by atomic mass is 10.1. The Balaban J connectivity index is 4.36. The summed E-state index contributed by atoms with van der Waals surface area (Å²) in [7, 11) is 2.51. The number of hydrogen-bond donors (Lipinski definition) is 1. The summed E-state index contributed by atoms with van der Waals surface area (Å²) in [6, 6.07) is -0.805. The van der Waals surface area contributed by atoms with Crippen LogP contribution in [0.4, 0.5) is 0 Å². The van der Waals surface area contributed by atoms with Crippen LogP contribution in [0.5, 0.6) is 0 Å². The zero-order valence-corrected chi connectivity index (χ0v) is 11.3. The Bertz CT molecular complexity index is 301. The number of esters is 2. The molecule has 0 bridgehead atoms. The summed E-state index contributed by atoms with van der Waals surface area (Å²) in [5, 5.41) is 2.56. The lowest BCUT2D eigenvalue weighted by Crippen LogP contribution is -2.42. The van der Waals surface area contributed by atoms with Crippen LogP contribution in [0.2, 0.25) is 0 Å². The molecule has 0 aliphatic rings. The predicted molar refractivity (Wildman–Crippen MR) is 64.7 cm³/mol. The average molecular weight is 259 g/mol. The predicted octanol–water partition coefficient (Wildman–Crippen LogP) is 0.643. The normalized spacial score (nSPS) is 11.8. The molecule has 1 amide bonds. The Hall–Kier alpha value is -1.59. The first-order valence-electron chi connectivity index (χ1n) is 5.84. The van der Waals surface area contributed by atoms with Crippen molar-refractivity contribution in [2.75, 3.05) is 14.2 Å². The van der Waals surface area contributed by atoms with Gasteiger partial charge in [-0.1, -0.05) is 13.8 Å². The van der Waals surface area contributed by atoms with Crippen LogP contribution in [0.15, 0.2) is 0 Å². The van der Waals surface area contributed by atoms with Gasteiger partial charge in [0.2, 0.25) is 5.91 Å². The molecule has 0 aromatic heterocycles. The summed E-state index contributed by atoms with van der Waals surface area (Å²) in [6.07, 6.45) is 0.549. The second kappa shape index (κ2) is 8.49.